The van der Waals surface area contributed by atoms with E-state index in [9.17, 15) is 14.4 Å². The van der Waals surface area contributed by atoms with Crippen LogP contribution in [0.1, 0.15) is 19.8 Å². The normalized spacial score (nSPS) is 19.1. The minimum atomic E-state index is -1.24. The molecule has 7 nitrogen and oxygen atoms in total. The summed E-state index contributed by atoms with van der Waals surface area (Å²) in [5.41, 5.74) is -0.178. The Kier molecular flexibility index (Phi) is 6.57. The molecule has 0 saturated carbocycles. The molecule has 0 aromatic heterocycles. The Morgan fingerprint density at radius 2 is 1.82 bits per heavy atom. The molecule has 0 radical (unpaired) electrons. The lowest BCUT2D eigenvalue weighted by molar-refractivity contribution is -0.139. The highest BCUT2D eigenvalue weighted by Gasteiger charge is 2.20. The van der Waals surface area contributed by atoms with Gasteiger partial charge in [0.1, 0.15) is 6.04 Å². The molecule has 1 aliphatic heterocycles. The van der Waals surface area contributed by atoms with Gasteiger partial charge in [-0.15, -0.1) is 0 Å². The van der Waals surface area contributed by atoms with E-state index in [-0.39, 0.29) is 11.6 Å². The SMILES string of the molecule is C/C(=C\C(=O)O)C(=O)O.O=C(O)[C@@H]1CCCN1. The Balaban J connectivity index is 0.000000302. The van der Waals surface area contributed by atoms with Crippen LogP contribution in [0.25, 0.3) is 0 Å². The van der Waals surface area contributed by atoms with Crippen LogP contribution in [-0.4, -0.2) is 45.8 Å². The van der Waals surface area contributed by atoms with Crippen molar-refractivity contribution in [3.63, 3.8) is 0 Å². The van der Waals surface area contributed by atoms with E-state index in [4.69, 9.17) is 15.3 Å². The van der Waals surface area contributed by atoms with E-state index in [1.807, 2.05) is 0 Å². The van der Waals surface area contributed by atoms with E-state index in [1.54, 1.807) is 0 Å². The second-order valence-corrected chi connectivity index (χ2v) is 3.46. The van der Waals surface area contributed by atoms with E-state index >= 15 is 0 Å². The van der Waals surface area contributed by atoms with Crippen molar-refractivity contribution >= 4 is 17.9 Å². The van der Waals surface area contributed by atoms with Gasteiger partial charge in [-0.3, -0.25) is 4.79 Å². The van der Waals surface area contributed by atoms with E-state index < -0.39 is 17.9 Å². The first-order chi connectivity index (χ1) is 7.84. The van der Waals surface area contributed by atoms with Crippen LogP contribution in [0, 0.1) is 0 Å². The summed E-state index contributed by atoms with van der Waals surface area (Å²) in [4.78, 5) is 29.8. The van der Waals surface area contributed by atoms with Gasteiger partial charge in [0.05, 0.1) is 0 Å². The number of nitrogens with one attached hydrogen (secondary N) is 1. The average Bonchev–Trinajstić information content (AvgIpc) is 2.69. The van der Waals surface area contributed by atoms with Crippen molar-refractivity contribution in [2.24, 2.45) is 0 Å². The first-order valence-electron chi connectivity index (χ1n) is 4.95. The topological polar surface area (TPSA) is 124 Å². The number of hydrogen-bond acceptors (Lipinski definition) is 4. The molecule has 0 amide bonds. The molecule has 1 rings (SSSR count). The van der Waals surface area contributed by atoms with Crippen molar-refractivity contribution in [3.05, 3.63) is 11.6 Å². The first-order valence-corrected chi connectivity index (χ1v) is 4.95. The summed E-state index contributed by atoms with van der Waals surface area (Å²) in [6.45, 7) is 2.08. The molecular weight excluding hydrogens is 230 g/mol. The summed E-state index contributed by atoms with van der Waals surface area (Å²) in [6.07, 6.45) is 2.43. The zero-order valence-corrected chi connectivity index (χ0v) is 9.34. The van der Waals surface area contributed by atoms with Crippen LogP contribution >= 0.6 is 0 Å². The second-order valence-electron chi connectivity index (χ2n) is 3.46. The van der Waals surface area contributed by atoms with Crippen molar-refractivity contribution < 1.29 is 29.7 Å². The summed E-state index contributed by atoms with van der Waals surface area (Å²) < 4.78 is 0. The van der Waals surface area contributed by atoms with Crippen molar-refractivity contribution in [1.82, 2.24) is 5.32 Å². The van der Waals surface area contributed by atoms with E-state index in [2.05, 4.69) is 5.32 Å². The van der Waals surface area contributed by atoms with Gasteiger partial charge in [0, 0.05) is 11.6 Å². The molecule has 1 aliphatic rings. The van der Waals surface area contributed by atoms with Gasteiger partial charge in [-0.2, -0.15) is 0 Å². The predicted octanol–water partition coefficient (Wildman–Crippen LogP) is -0.0751. The molecule has 0 unspecified atom stereocenters. The maximum Gasteiger partial charge on any atom is 0.331 e. The van der Waals surface area contributed by atoms with Crippen LogP contribution in [0.5, 0.6) is 0 Å². The molecule has 4 N–H and O–H groups in total. The maximum atomic E-state index is 10.1. The number of carboxylic acids is 3. The summed E-state index contributed by atoms with van der Waals surface area (Å²) in [5.74, 6) is -3.17. The van der Waals surface area contributed by atoms with Gasteiger partial charge in [0.15, 0.2) is 0 Å². The third kappa shape index (κ3) is 7.07. The largest absolute Gasteiger partial charge is 0.480 e. The molecule has 0 aliphatic carbocycles. The average molecular weight is 245 g/mol. The van der Waals surface area contributed by atoms with Gasteiger partial charge < -0.3 is 20.6 Å². The quantitative estimate of drug-likeness (QED) is 0.513. The number of carbonyl (C=O) groups is 3. The monoisotopic (exact) mass is 245 g/mol. The standard InChI is InChI=1S/C5H9NO2.C5H6O4/c7-5(8)4-2-1-3-6-4;1-3(5(8)9)2-4(6)7/h4,6H,1-3H2,(H,7,8);2H,1H3,(H,6,7)(H,8,9)/b;3-2+/t4-;/m0./s1. The Morgan fingerprint density at radius 1 is 1.24 bits per heavy atom. The van der Waals surface area contributed by atoms with E-state index in [1.165, 1.54) is 6.92 Å². The number of rotatable bonds is 3. The Labute approximate surface area is 97.8 Å². The van der Waals surface area contributed by atoms with Crippen molar-refractivity contribution in [3.8, 4) is 0 Å². The lowest BCUT2D eigenvalue weighted by Gasteiger charge is -1.99. The van der Waals surface area contributed by atoms with Crippen LogP contribution in [0.15, 0.2) is 11.6 Å². The fourth-order valence-electron chi connectivity index (χ4n) is 1.14. The molecule has 1 fully saturated rings. The lowest BCUT2D eigenvalue weighted by atomic mass is 10.2. The minimum Gasteiger partial charge on any atom is -0.480 e. The molecule has 7 heteroatoms. The molecule has 1 heterocycles. The molecule has 17 heavy (non-hydrogen) atoms. The van der Waals surface area contributed by atoms with Crippen LogP contribution in [0.4, 0.5) is 0 Å². The molecule has 0 bridgehead atoms. The first kappa shape index (κ1) is 15.1. The summed E-state index contributed by atoms with van der Waals surface area (Å²) in [6, 6.07) is -0.269. The highest BCUT2D eigenvalue weighted by molar-refractivity contribution is 5.93. The van der Waals surface area contributed by atoms with Crippen molar-refractivity contribution in [2.45, 2.75) is 25.8 Å². The van der Waals surface area contributed by atoms with Crippen LogP contribution in [-0.2, 0) is 14.4 Å². The summed E-state index contributed by atoms with van der Waals surface area (Å²) in [5, 5.41) is 27.3. The fourth-order valence-corrected chi connectivity index (χ4v) is 1.14. The Hall–Kier alpha value is -1.89. The van der Waals surface area contributed by atoms with Crippen molar-refractivity contribution in [2.75, 3.05) is 6.54 Å². The number of hydrogen-bond donors (Lipinski definition) is 4. The van der Waals surface area contributed by atoms with Gasteiger partial charge in [-0.1, -0.05) is 0 Å². The lowest BCUT2D eigenvalue weighted by Crippen LogP contribution is -2.29. The second kappa shape index (κ2) is 7.39. The summed E-state index contributed by atoms with van der Waals surface area (Å²) >= 11 is 0. The molecule has 0 aromatic rings. The van der Waals surface area contributed by atoms with Crippen molar-refractivity contribution in [1.29, 1.82) is 0 Å². The van der Waals surface area contributed by atoms with Gasteiger partial charge in [0.2, 0.25) is 0 Å². The highest BCUT2D eigenvalue weighted by atomic mass is 16.4. The molecule has 96 valence electrons. The zero-order valence-electron chi connectivity index (χ0n) is 9.34. The number of aliphatic carboxylic acids is 3. The van der Waals surface area contributed by atoms with Gasteiger partial charge in [-0.25, -0.2) is 9.59 Å². The maximum absolute atomic E-state index is 10.1. The Morgan fingerprint density at radius 3 is 2.00 bits per heavy atom. The zero-order chi connectivity index (χ0) is 13.4. The van der Waals surface area contributed by atoms with Gasteiger partial charge in [0.25, 0.3) is 0 Å². The smallest absolute Gasteiger partial charge is 0.331 e. The van der Waals surface area contributed by atoms with Gasteiger partial charge >= 0.3 is 17.9 Å². The molecule has 1 atom stereocenters. The molecule has 0 spiro atoms. The molecule has 0 aromatic carbocycles. The van der Waals surface area contributed by atoms with E-state index in [0.29, 0.717) is 6.08 Å². The van der Waals surface area contributed by atoms with Crippen LogP contribution < -0.4 is 5.32 Å². The van der Waals surface area contributed by atoms with E-state index in [0.717, 1.165) is 19.4 Å². The Bertz CT molecular complexity index is 330. The predicted molar refractivity (Wildman–Crippen MR) is 57.7 cm³/mol. The van der Waals surface area contributed by atoms with Crippen LogP contribution in [0.3, 0.4) is 0 Å². The minimum absolute atomic E-state index is 0.178. The third-order valence-corrected chi connectivity index (χ3v) is 2.04. The molecular formula is C10H15NO6. The fraction of sp³-hybridized carbons (Fsp3) is 0.500. The third-order valence-electron chi connectivity index (χ3n) is 2.04. The highest BCUT2D eigenvalue weighted by Crippen LogP contribution is 2.03. The summed E-state index contributed by atoms with van der Waals surface area (Å²) in [7, 11) is 0. The van der Waals surface area contributed by atoms with Gasteiger partial charge in [-0.05, 0) is 26.3 Å². The molecule has 1 saturated heterocycles. The van der Waals surface area contributed by atoms with Crippen LogP contribution in [0.2, 0.25) is 0 Å². The number of carboxylic acid groups (broad SMARTS) is 3.